The van der Waals surface area contributed by atoms with Crippen molar-refractivity contribution in [1.82, 2.24) is 4.98 Å². The van der Waals surface area contributed by atoms with E-state index in [4.69, 9.17) is 5.73 Å². The molecule has 0 aliphatic carbocycles. The van der Waals surface area contributed by atoms with E-state index in [2.05, 4.69) is 10.3 Å². The molecule has 0 fully saturated rings. The normalized spacial score (nSPS) is 10.7. The van der Waals surface area contributed by atoms with Crippen molar-refractivity contribution in [2.45, 2.75) is 0 Å². The smallest absolute Gasteiger partial charge is 0.148 e. The van der Waals surface area contributed by atoms with E-state index in [1.54, 1.807) is 29.0 Å². The number of nitrogens with zero attached hydrogens (tertiary/aromatic N) is 1. The summed E-state index contributed by atoms with van der Waals surface area (Å²) in [5.41, 5.74) is 9.90. The fourth-order valence-electron chi connectivity index (χ4n) is 1.72. The molecular weight excluding hydrogens is 249 g/mol. The second-order valence-electron chi connectivity index (χ2n) is 3.90. The molecule has 3 rings (SSSR count). The van der Waals surface area contributed by atoms with Crippen LogP contribution >= 0.6 is 11.3 Å². The summed E-state index contributed by atoms with van der Waals surface area (Å²) < 4.78 is 14.7. The van der Waals surface area contributed by atoms with Gasteiger partial charge in [0.15, 0.2) is 0 Å². The van der Waals surface area contributed by atoms with E-state index in [0.717, 1.165) is 15.9 Å². The lowest BCUT2D eigenvalue weighted by Gasteiger charge is -2.08. The van der Waals surface area contributed by atoms with Crippen molar-refractivity contribution in [3.8, 4) is 0 Å². The summed E-state index contributed by atoms with van der Waals surface area (Å²) in [5.74, 6) is -0.362. The number of nitrogens with one attached hydrogen (secondary N) is 1. The van der Waals surface area contributed by atoms with Crippen molar-refractivity contribution in [2.75, 3.05) is 11.1 Å². The quantitative estimate of drug-likeness (QED) is 0.689. The zero-order valence-corrected chi connectivity index (χ0v) is 10.2. The number of rotatable bonds is 2. The predicted octanol–water partition coefficient (Wildman–Crippen LogP) is 3.76. The maximum atomic E-state index is 13.6. The highest BCUT2D eigenvalue weighted by molar-refractivity contribution is 7.16. The SMILES string of the molecule is Nc1ccc(Nc2ccc3ncsc3c2)c(F)c1. The molecule has 0 aliphatic rings. The van der Waals surface area contributed by atoms with Crippen LogP contribution in [0.5, 0.6) is 0 Å². The minimum atomic E-state index is -0.362. The Balaban J connectivity index is 1.95. The van der Waals surface area contributed by atoms with Crippen LogP contribution in [-0.4, -0.2) is 4.98 Å². The Hall–Kier alpha value is -2.14. The van der Waals surface area contributed by atoms with E-state index in [1.165, 1.54) is 6.07 Å². The molecule has 1 aromatic heterocycles. The minimum Gasteiger partial charge on any atom is -0.399 e. The summed E-state index contributed by atoms with van der Waals surface area (Å²) in [6.07, 6.45) is 0. The van der Waals surface area contributed by atoms with Crippen LogP contribution in [-0.2, 0) is 0 Å². The van der Waals surface area contributed by atoms with Gasteiger partial charge >= 0.3 is 0 Å². The molecule has 1 heterocycles. The molecule has 0 aliphatic heterocycles. The first kappa shape index (κ1) is 11.0. The molecule has 3 N–H and O–H groups in total. The number of thiazole rings is 1. The Kier molecular flexibility index (Phi) is 2.60. The summed E-state index contributed by atoms with van der Waals surface area (Å²) in [5, 5.41) is 3.03. The van der Waals surface area contributed by atoms with E-state index < -0.39 is 0 Å². The molecule has 3 nitrogen and oxygen atoms in total. The number of nitrogen functional groups attached to an aromatic ring is 1. The fraction of sp³-hybridized carbons (Fsp3) is 0. The summed E-state index contributed by atoms with van der Waals surface area (Å²) in [7, 11) is 0. The Morgan fingerprint density at radius 3 is 2.89 bits per heavy atom. The molecule has 0 bridgehead atoms. The van der Waals surface area contributed by atoms with E-state index in [9.17, 15) is 4.39 Å². The Morgan fingerprint density at radius 2 is 2.06 bits per heavy atom. The van der Waals surface area contributed by atoms with Crippen molar-refractivity contribution in [1.29, 1.82) is 0 Å². The van der Waals surface area contributed by atoms with Gasteiger partial charge in [0.2, 0.25) is 0 Å². The molecule has 0 amide bonds. The Labute approximate surface area is 107 Å². The molecule has 0 atom stereocenters. The van der Waals surface area contributed by atoms with Crippen LogP contribution < -0.4 is 11.1 Å². The number of anilines is 3. The third-order valence-electron chi connectivity index (χ3n) is 2.60. The number of nitrogens with two attached hydrogens (primary N) is 1. The summed E-state index contributed by atoms with van der Waals surface area (Å²) in [6.45, 7) is 0. The Bertz CT molecular complexity index is 708. The molecule has 0 spiro atoms. The molecule has 0 radical (unpaired) electrons. The molecule has 0 saturated carbocycles. The standard InChI is InChI=1S/C13H10FN3S/c14-10-5-8(15)1-3-11(10)17-9-2-4-12-13(6-9)18-7-16-12/h1-7,17H,15H2. The third-order valence-corrected chi connectivity index (χ3v) is 3.40. The second-order valence-corrected chi connectivity index (χ2v) is 4.79. The van der Waals surface area contributed by atoms with Crippen molar-refractivity contribution in [3.63, 3.8) is 0 Å². The third kappa shape index (κ3) is 2.00. The molecule has 0 saturated heterocycles. The molecule has 2 aromatic carbocycles. The molecule has 3 aromatic rings. The van der Waals surface area contributed by atoms with Gasteiger partial charge in [0.1, 0.15) is 5.82 Å². The lowest BCUT2D eigenvalue weighted by atomic mass is 10.2. The van der Waals surface area contributed by atoms with Gasteiger partial charge in [0, 0.05) is 11.4 Å². The molecule has 90 valence electrons. The van der Waals surface area contributed by atoms with Gasteiger partial charge in [-0.1, -0.05) is 0 Å². The van der Waals surface area contributed by atoms with Crippen molar-refractivity contribution in [3.05, 3.63) is 47.7 Å². The number of fused-ring (bicyclic) bond motifs is 1. The highest BCUT2D eigenvalue weighted by Gasteiger charge is 2.04. The van der Waals surface area contributed by atoms with Gasteiger partial charge in [0.05, 0.1) is 21.4 Å². The van der Waals surface area contributed by atoms with Crippen LogP contribution in [0.3, 0.4) is 0 Å². The summed E-state index contributed by atoms with van der Waals surface area (Å²) in [4.78, 5) is 4.20. The minimum absolute atomic E-state index is 0.362. The summed E-state index contributed by atoms with van der Waals surface area (Å²) >= 11 is 1.55. The van der Waals surface area contributed by atoms with Gasteiger partial charge in [0.25, 0.3) is 0 Å². The molecule has 18 heavy (non-hydrogen) atoms. The zero-order chi connectivity index (χ0) is 12.5. The first-order chi connectivity index (χ1) is 8.72. The van der Waals surface area contributed by atoms with Crippen LogP contribution in [0.25, 0.3) is 10.2 Å². The van der Waals surface area contributed by atoms with Crippen LogP contribution in [0.1, 0.15) is 0 Å². The lowest BCUT2D eigenvalue weighted by molar-refractivity contribution is 0.632. The Morgan fingerprint density at radius 1 is 1.17 bits per heavy atom. The van der Waals surface area contributed by atoms with Crippen LogP contribution in [0.2, 0.25) is 0 Å². The number of hydrogen-bond donors (Lipinski definition) is 2. The molecule has 5 heteroatoms. The highest BCUT2D eigenvalue weighted by atomic mass is 32.1. The van der Waals surface area contributed by atoms with Gasteiger partial charge in [-0.25, -0.2) is 9.37 Å². The number of hydrogen-bond acceptors (Lipinski definition) is 4. The van der Waals surface area contributed by atoms with Crippen LogP contribution in [0, 0.1) is 5.82 Å². The first-order valence-electron chi connectivity index (χ1n) is 5.38. The van der Waals surface area contributed by atoms with Crippen molar-refractivity contribution in [2.24, 2.45) is 0 Å². The van der Waals surface area contributed by atoms with E-state index in [0.29, 0.717) is 11.4 Å². The number of halogens is 1. The molecule has 0 unspecified atom stereocenters. The second kappa shape index (κ2) is 4.27. The van der Waals surface area contributed by atoms with Crippen LogP contribution in [0.15, 0.2) is 41.9 Å². The monoisotopic (exact) mass is 259 g/mol. The fourth-order valence-corrected chi connectivity index (χ4v) is 2.44. The zero-order valence-electron chi connectivity index (χ0n) is 9.35. The van der Waals surface area contributed by atoms with Crippen LogP contribution in [0.4, 0.5) is 21.5 Å². The molecular formula is C13H10FN3S. The summed E-state index contributed by atoms with van der Waals surface area (Å²) in [6, 6.07) is 10.3. The van der Waals surface area contributed by atoms with E-state index in [-0.39, 0.29) is 5.82 Å². The average molecular weight is 259 g/mol. The van der Waals surface area contributed by atoms with Gasteiger partial charge in [-0.05, 0) is 36.4 Å². The first-order valence-corrected chi connectivity index (χ1v) is 6.26. The van der Waals surface area contributed by atoms with E-state index >= 15 is 0 Å². The lowest BCUT2D eigenvalue weighted by Crippen LogP contribution is -1.95. The maximum absolute atomic E-state index is 13.6. The van der Waals surface area contributed by atoms with E-state index in [1.807, 2.05) is 18.2 Å². The van der Waals surface area contributed by atoms with Gasteiger partial charge in [-0.2, -0.15) is 0 Å². The average Bonchev–Trinajstić information content (AvgIpc) is 2.80. The van der Waals surface area contributed by atoms with Gasteiger partial charge < -0.3 is 11.1 Å². The topological polar surface area (TPSA) is 50.9 Å². The number of benzene rings is 2. The number of aromatic nitrogens is 1. The predicted molar refractivity (Wildman–Crippen MR) is 73.7 cm³/mol. The van der Waals surface area contributed by atoms with Crippen molar-refractivity contribution >= 4 is 38.6 Å². The van der Waals surface area contributed by atoms with Gasteiger partial charge in [-0.3, -0.25) is 0 Å². The van der Waals surface area contributed by atoms with Crippen molar-refractivity contribution < 1.29 is 4.39 Å². The highest BCUT2D eigenvalue weighted by Crippen LogP contribution is 2.26. The largest absolute Gasteiger partial charge is 0.399 e. The van der Waals surface area contributed by atoms with Gasteiger partial charge in [-0.15, -0.1) is 11.3 Å². The maximum Gasteiger partial charge on any atom is 0.148 e.